The summed E-state index contributed by atoms with van der Waals surface area (Å²) in [6.45, 7) is 5.64. The van der Waals surface area contributed by atoms with E-state index in [9.17, 15) is 4.79 Å². The molecular weight excluding hydrogens is 356 g/mol. The summed E-state index contributed by atoms with van der Waals surface area (Å²) in [6, 6.07) is 6.04. The van der Waals surface area contributed by atoms with E-state index in [0.29, 0.717) is 18.3 Å². The van der Waals surface area contributed by atoms with Gasteiger partial charge in [-0.2, -0.15) is 0 Å². The van der Waals surface area contributed by atoms with Crippen LogP contribution >= 0.6 is 11.3 Å². The molecular formula is C17H22N4O4S. The van der Waals surface area contributed by atoms with E-state index < -0.39 is 0 Å². The van der Waals surface area contributed by atoms with Gasteiger partial charge < -0.3 is 14.2 Å². The highest BCUT2D eigenvalue weighted by atomic mass is 32.1. The second-order valence-corrected chi connectivity index (χ2v) is 7.23. The first kappa shape index (κ1) is 18.6. The van der Waals surface area contributed by atoms with E-state index in [1.165, 1.54) is 11.3 Å². The molecule has 0 radical (unpaired) electrons. The van der Waals surface area contributed by atoms with Crippen molar-refractivity contribution in [2.24, 2.45) is 0 Å². The molecule has 0 spiro atoms. The second kappa shape index (κ2) is 8.43. The number of fused-ring (bicyclic) bond motifs is 1. The number of methoxy groups -OCH3 is 1. The number of amides is 1. The minimum Gasteiger partial charge on any atom is -0.454 e. The molecule has 0 bridgehead atoms. The summed E-state index contributed by atoms with van der Waals surface area (Å²) in [6.07, 6.45) is 0. The van der Waals surface area contributed by atoms with Crippen LogP contribution in [0, 0.1) is 0 Å². The zero-order valence-electron chi connectivity index (χ0n) is 15.0. The topological polar surface area (TPSA) is 85.8 Å². The molecule has 3 rings (SSSR count). The summed E-state index contributed by atoms with van der Waals surface area (Å²) in [5, 5.41) is 11.9. The third-order valence-electron chi connectivity index (χ3n) is 3.88. The molecule has 1 N–H and O–H groups in total. The van der Waals surface area contributed by atoms with E-state index in [2.05, 4.69) is 34.3 Å². The second-order valence-electron chi connectivity index (χ2n) is 6.17. The smallest absolute Gasteiger partial charge is 0.240 e. The first-order valence-corrected chi connectivity index (χ1v) is 9.10. The highest BCUT2D eigenvalue weighted by molar-refractivity contribution is 7.15. The molecule has 26 heavy (non-hydrogen) atoms. The Bertz CT molecular complexity index is 765. The van der Waals surface area contributed by atoms with Gasteiger partial charge in [0.15, 0.2) is 11.5 Å². The van der Waals surface area contributed by atoms with Crippen LogP contribution in [0.2, 0.25) is 0 Å². The largest absolute Gasteiger partial charge is 0.454 e. The lowest BCUT2D eigenvalue weighted by molar-refractivity contribution is -0.117. The van der Waals surface area contributed by atoms with Crippen molar-refractivity contribution in [3.8, 4) is 11.5 Å². The number of anilines is 1. The van der Waals surface area contributed by atoms with Crippen LogP contribution in [-0.4, -0.2) is 47.5 Å². The lowest BCUT2D eigenvalue weighted by Gasteiger charge is -2.25. The number of hydrogen-bond donors (Lipinski definition) is 1. The van der Waals surface area contributed by atoms with Gasteiger partial charge in [0.1, 0.15) is 11.6 Å². The van der Waals surface area contributed by atoms with Gasteiger partial charge in [-0.1, -0.05) is 17.4 Å². The molecule has 140 valence electrons. The zero-order valence-corrected chi connectivity index (χ0v) is 15.8. The van der Waals surface area contributed by atoms with Crippen LogP contribution in [0.3, 0.4) is 0 Å². The molecule has 1 amide bonds. The third kappa shape index (κ3) is 4.69. The molecule has 1 aromatic heterocycles. The van der Waals surface area contributed by atoms with Crippen molar-refractivity contribution < 1.29 is 19.0 Å². The fourth-order valence-corrected chi connectivity index (χ4v) is 3.25. The lowest BCUT2D eigenvalue weighted by Crippen LogP contribution is -2.37. The average Bonchev–Trinajstić information content (AvgIpc) is 3.23. The van der Waals surface area contributed by atoms with Gasteiger partial charge in [0, 0.05) is 19.7 Å². The number of rotatable bonds is 8. The van der Waals surface area contributed by atoms with Crippen molar-refractivity contribution in [3.63, 3.8) is 0 Å². The molecule has 2 aromatic rings. The van der Waals surface area contributed by atoms with E-state index in [-0.39, 0.29) is 25.3 Å². The van der Waals surface area contributed by atoms with Crippen molar-refractivity contribution in [1.29, 1.82) is 0 Å². The van der Waals surface area contributed by atoms with Crippen molar-refractivity contribution in [1.82, 2.24) is 15.1 Å². The minimum absolute atomic E-state index is 0.125. The fourth-order valence-electron chi connectivity index (χ4n) is 2.52. The Labute approximate surface area is 156 Å². The highest BCUT2D eigenvalue weighted by Crippen LogP contribution is 2.32. The quantitative estimate of drug-likeness (QED) is 0.754. The van der Waals surface area contributed by atoms with Gasteiger partial charge in [-0.15, -0.1) is 10.2 Å². The molecule has 1 aliphatic rings. The predicted octanol–water partition coefficient (Wildman–Crippen LogP) is 2.26. The highest BCUT2D eigenvalue weighted by Gasteiger charge is 2.18. The Kier molecular flexibility index (Phi) is 6.02. The molecule has 0 fully saturated rings. The maximum absolute atomic E-state index is 12.4. The standard InChI is InChI=1S/C17H22N4O4S/c1-11(2)21(7-12-4-5-13-14(6-12)25-10-24-13)8-15(22)18-17-20-19-16(26-17)9-23-3/h4-6,11H,7-10H2,1-3H3,(H,18,20,22). The number of ether oxygens (including phenoxy) is 3. The van der Waals surface area contributed by atoms with Gasteiger partial charge in [0.05, 0.1) is 6.54 Å². The summed E-state index contributed by atoms with van der Waals surface area (Å²) < 4.78 is 15.8. The van der Waals surface area contributed by atoms with Gasteiger partial charge in [0.2, 0.25) is 17.8 Å². The Morgan fingerprint density at radius 1 is 1.35 bits per heavy atom. The molecule has 1 aromatic carbocycles. The Morgan fingerprint density at radius 2 is 2.15 bits per heavy atom. The van der Waals surface area contributed by atoms with Crippen molar-refractivity contribution in [2.75, 3.05) is 25.8 Å². The van der Waals surface area contributed by atoms with E-state index in [0.717, 1.165) is 22.1 Å². The number of nitrogens with one attached hydrogen (secondary N) is 1. The SMILES string of the molecule is COCc1nnc(NC(=O)CN(Cc2ccc3c(c2)OCO3)C(C)C)s1. The van der Waals surface area contributed by atoms with E-state index >= 15 is 0 Å². The van der Waals surface area contributed by atoms with Crippen LogP contribution in [0.1, 0.15) is 24.4 Å². The van der Waals surface area contributed by atoms with E-state index in [1.807, 2.05) is 18.2 Å². The summed E-state index contributed by atoms with van der Waals surface area (Å²) in [5.74, 6) is 1.38. The number of carbonyl (C=O) groups is 1. The number of nitrogens with zero attached hydrogens (tertiary/aromatic N) is 3. The van der Waals surface area contributed by atoms with Gasteiger partial charge in [0.25, 0.3) is 0 Å². The molecule has 9 heteroatoms. The maximum atomic E-state index is 12.4. The van der Waals surface area contributed by atoms with Gasteiger partial charge >= 0.3 is 0 Å². The normalized spacial score (nSPS) is 12.8. The molecule has 0 unspecified atom stereocenters. The Hall–Kier alpha value is -2.23. The van der Waals surface area contributed by atoms with E-state index in [4.69, 9.17) is 14.2 Å². The van der Waals surface area contributed by atoms with Crippen LogP contribution in [0.5, 0.6) is 11.5 Å². The van der Waals surface area contributed by atoms with Crippen LogP contribution < -0.4 is 14.8 Å². The van der Waals surface area contributed by atoms with Crippen LogP contribution in [0.15, 0.2) is 18.2 Å². The zero-order chi connectivity index (χ0) is 18.5. The van der Waals surface area contributed by atoms with Crippen LogP contribution in [0.4, 0.5) is 5.13 Å². The third-order valence-corrected chi connectivity index (χ3v) is 4.69. The Morgan fingerprint density at radius 3 is 2.92 bits per heavy atom. The monoisotopic (exact) mass is 378 g/mol. The maximum Gasteiger partial charge on any atom is 0.240 e. The minimum atomic E-state index is -0.125. The first-order chi connectivity index (χ1) is 12.5. The Balaban J connectivity index is 1.59. The molecule has 0 atom stereocenters. The van der Waals surface area contributed by atoms with Gasteiger partial charge in [-0.05, 0) is 31.5 Å². The fraction of sp³-hybridized carbons (Fsp3) is 0.471. The van der Waals surface area contributed by atoms with Gasteiger partial charge in [-0.25, -0.2) is 0 Å². The predicted molar refractivity (Wildman–Crippen MR) is 97.4 cm³/mol. The molecule has 0 aliphatic carbocycles. The van der Waals surface area contributed by atoms with Crippen LogP contribution in [-0.2, 0) is 22.7 Å². The van der Waals surface area contributed by atoms with Crippen LogP contribution in [0.25, 0.3) is 0 Å². The molecule has 2 heterocycles. The number of benzene rings is 1. The molecule has 1 aliphatic heterocycles. The summed E-state index contributed by atoms with van der Waals surface area (Å²) >= 11 is 1.31. The summed E-state index contributed by atoms with van der Waals surface area (Å²) in [7, 11) is 1.59. The lowest BCUT2D eigenvalue weighted by atomic mass is 10.1. The van der Waals surface area contributed by atoms with Crippen molar-refractivity contribution >= 4 is 22.4 Å². The number of carbonyl (C=O) groups excluding carboxylic acids is 1. The summed E-state index contributed by atoms with van der Waals surface area (Å²) in [5.41, 5.74) is 1.06. The van der Waals surface area contributed by atoms with Crippen molar-refractivity contribution in [3.05, 3.63) is 28.8 Å². The molecule has 8 nitrogen and oxygen atoms in total. The van der Waals surface area contributed by atoms with Crippen molar-refractivity contribution in [2.45, 2.75) is 33.0 Å². The average molecular weight is 378 g/mol. The number of aromatic nitrogens is 2. The van der Waals surface area contributed by atoms with Gasteiger partial charge in [-0.3, -0.25) is 15.0 Å². The first-order valence-electron chi connectivity index (χ1n) is 8.29. The molecule has 0 saturated carbocycles. The number of hydrogen-bond acceptors (Lipinski definition) is 8. The summed E-state index contributed by atoms with van der Waals surface area (Å²) in [4.78, 5) is 14.5. The van der Waals surface area contributed by atoms with E-state index in [1.54, 1.807) is 7.11 Å². The molecule has 0 saturated heterocycles.